The summed E-state index contributed by atoms with van der Waals surface area (Å²) in [6, 6.07) is 1.96. The molecule has 1 aliphatic carbocycles. The van der Waals surface area contributed by atoms with Crippen molar-refractivity contribution in [3.8, 4) is 0 Å². The minimum atomic E-state index is 0.338. The van der Waals surface area contributed by atoms with E-state index in [-0.39, 0.29) is 0 Å². The van der Waals surface area contributed by atoms with Crippen LogP contribution in [0.2, 0.25) is 0 Å². The Labute approximate surface area is 143 Å². The molecule has 1 aliphatic heterocycles. The molecule has 1 atom stereocenters. The van der Waals surface area contributed by atoms with E-state index in [2.05, 4.69) is 21.5 Å². The van der Waals surface area contributed by atoms with Crippen molar-refractivity contribution in [3.63, 3.8) is 0 Å². The third kappa shape index (κ3) is 2.92. The lowest BCUT2D eigenvalue weighted by Crippen LogP contribution is -2.28. The first-order chi connectivity index (χ1) is 11.7. The van der Waals surface area contributed by atoms with Crippen LogP contribution in [0.15, 0.2) is 18.5 Å². The summed E-state index contributed by atoms with van der Waals surface area (Å²) in [5.41, 5.74) is 2.06. The van der Waals surface area contributed by atoms with Gasteiger partial charge >= 0.3 is 0 Å². The largest absolute Gasteiger partial charge is 0.342 e. The van der Waals surface area contributed by atoms with Crippen LogP contribution in [0.25, 0.3) is 11.0 Å². The molecule has 0 radical (unpaired) electrons. The van der Waals surface area contributed by atoms with Crippen LogP contribution in [0.4, 0.5) is 0 Å². The summed E-state index contributed by atoms with van der Waals surface area (Å²) in [6.45, 7) is 1.68. The Balaban J connectivity index is 1.40. The Bertz CT molecular complexity index is 732. The second kappa shape index (κ2) is 6.54. The molecule has 1 unspecified atom stereocenters. The average Bonchev–Trinajstić information content (AvgIpc) is 3.33. The number of pyridine rings is 1. The molecule has 5 nitrogen and oxygen atoms in total. The smallest absolute Gasteiger partial charge is 0.222 e. The predicted molar refractivity (Wildman–Crippen MR) is 93.6 cm³/mol. The lowest BCUT2D eigenvalue weighted by atomic mass is 10.0. The van der Waals surface area contributed by atoms with Gasteiger partial charge in [0.2, 0.25) is 5.91 Å². The summed E-state index contributed by atoms with van der Waals surface area (Å²) in [5.74, 6) is 2.56. The number of carbonyl (C=O) groups excluding carboxylic acids is 1. The molecule has 0 N–H and O–H groups in total. The Kier molecular flexibility index (Phi) is 4.25. The third-order valence-electron chi connectivity index (χ3n) is 5.87. The van der Waals surface area contributed by atoms with Crippen LogP contribution in [0.1, 0.15) is 56.7 Å². The Morgan fingerprint density at radius 3 is 2.92 bits per heavy atom. The number of aromatic nitrogens is 3. The van der Waals surface area contributed by atoms with Crippen molar-refractivity contribution in [3.05, 3.63) is 24.3 Å². The lowest BCUT2D eigenvalue weighted by Gasteiger charge is -2.18. The molecule has 2 aromatic rings. The van der Waals surface area contributed by atoms with Gasteiger partial charge in [-0.2, -0.15) is 0 Å². The molecule has 2 fully saturated rings. The van der Waals surface area contributed by atoms with Gasteiger partial charge in [-0.1, -0.05) is 25.7 Å². The molecule has 0 spiro atoms. The molecule has 0 bridgehead atoms. The zero-order valence-electron chi connectivity index (χ0n) is 14.4. The van der Waals surface area contributed by atoms with Gasteiger partial charge in [0.05, 0.1) is 17.2 Å². The SMILES string of the molecule is Cn1c(C2CCN(C(=O)CCC3CCCC3)C2)nc2ccncc21. The Morgan fingerprint density at radius 1 is 1.29 bits per heavy atom. The predicted octanol–water partition coefficient (Wildman–Crippen LogP) is 3.25. The minimum Gasteiger partial charge on any atom is -0.342 e. The number of aryl methyl sites for hydroxylation is 1. The molecule has 1 saturated carbocycles. The maximum atomic E-state index is 12.5. The lowest BCUT2D eigenvalue weighted by molar-refractivity contribution is -0.130. The summed E-state index contributed by atoms with van der Waals surface area (Å²) >= 11 is 0. The fraction of sp³-hybridized carbons (Fsp3) is 0.632. The van der Waals surface area contributed by atoms with E-state index in [0.717, 1.165) is 55.1 Å². The van der Waals surface area contributed by atoms with Gasteiger partial charge in [-0.15, -0.1) is 0 Å². The average molecular weight is 326 g/mol. The molecule has 1 saturated heterocycles. The van der Waals surface area contributed by atoms with Crippen LogP contribution < -0.4 is 0 Å². The van der Waals surface area contributed by atoms with Crippen LogP contribution in [-0.2, 0) is 11.8 Å². The van der Waals surface area contributed by atoms with E-state index in [1.165, 1.54) is 25.7 Å². The number of hydrogen-bond donors (Lipinski definition) is 0. The summed E-state index contributed by atoms with van der Waals surface area (Å²) in [4.78, 5) is 23.6. The number of nitrogens with zero attached hydrogens (tertiary/aromatic N) is 4. The van der Waals surface area contributed by atoms with Gasteiger partial charge in [0, 0.05) is 38.7 Å². The summed E-state index contributed by atoms with van der Waals surface area (Å²) < 4.78 is 2.14. The number of rotatable bonds is 4. The van der Waals surface area contributed by atoms with Gasteiger partial charge in [-0.3, -0.25) is 9.78 Å². The van der Waals surface area contributed by atoms with Gasteiger partial charge in [-0.25, -0.2) is 4.98 Å². The maximum absolute atomic E-state index is 12.5. The second-order valence-corrected chi connectivity index (χ2v) is 7.41. The molecular weight excluding hydrogens is 300 g/mol. The van der Waals surface area contributed by atoms with E-state index < -0.39 is 0 Å². The van der Waals surface area contributed by atoms with Gasteiger partial charge in [0.15, 0.2) is 0 Å². The topological polar surface area (TPSA) is 51.0 Å². The highest BCUT2D eigenvalue weighted by Gasteiger charge is 2.30. The van der Waals surface area contributed by atoms with E-state index in [9.17, 15) is 4.79 Å². The third-order valence-corrected chi connectivity index (χ3v) is 5.87. The molecular formula is C19H26N4O. The van der Waals surface area contributed by atoms with Crippen molar-refractivity contribution in [2.24, 2.45) is 13.0 Å². The van der Waals surface area contributed by atoms with Gasteiger partial charge < -0.3 is 9.47 Å². The molecule has 2 aromatic heterocycles. The Hall–Kier alpha value is -1.91. The summed E-state index contributed by atoms with van der Waals surface area (Å²) in [6.07, 6.45) is 11.8. The van der Waals surface area contributed by atoms with Crippen LogP contribution in [0.5, 0.6) is 0 Å². The number of fused-ring (bicyclic) bond motifs is 1. The standard InChI is InChI=1S/C19H26N4O/c1-22-17-12-20-10-8-16(17)21-19(22)15-9-11-23(13-15)18(24)7-6-14-4-2-3-5-14/h8,10,12,14-15H,2-7,9,11,13H2,1H3. The van der Waals surface area contributed by atoms with E-state index >= 15 is 0 Å². The van der Waals surface area contributed by atoms with Crippen molar-refractivity contribution < 1.29 is 4.79 Å². The van der Waals surface area contributed by atoms with Crippen LogP contribution >= 0.6 is 0 Å². The van der Waals surface area contributed by atoms with E-state index in [0.29, 0.717) is 11.8 Å². The fourth-order valence-electron chi connectivity index (χ4n) is 4.40. The van der Waals surface area contributed by atoms with Crippen molar-refractivity contribution in [2.45, 2.75) is 50.9 Å². The zero-order valence-corrected chi connectivity index (χ0v) is 14.4. The molecule has 4 rings (SSSR count). The normalized spacial score (nSPS) is 21.9. The number of amides is 1. The van der Waals surface area contributed by atoms with Crippen molar-refractivity contribution in [1.82, 2.24) is 19.4 Å². The van der Waals surface area contributed by atoms with Crippen LogP contribution in [-0.4, -0.2) is 38.4 Å². The first-order valence-electron chi connectivity index (χ1n) is 9.26. The zero-order chi connectivity index (χ0) is 16.5. The van der Waals surface area contributed by atoms with E-state index in [1.54, 1.807) is 6.20 Å². The summed E-state index contributed by atoms with van der Waals surface area (Å²) in [7, 11) is 2.05. The van der Waals surface area contributed by atoms with Gasteiger partial charge in [0.1, 0.15) is 5.82 Å². The summed E-state index contributed by atoms with van der Waals surface area (Å²) in [5, 5.41) is 0. The molecule has 128 valence electrons. The maximum Gasteiger partial charge on any atom is 0.222 e. The quantitative estimate of drug-likeness (QED) is 0.866. The van der Waals surface area contributed by atoms with E-state index in [4.69, 9.17) is 4.98 Å². The highest BCUT2D eigenvalue weighted by Crippen LogP contribution is 2.31. The van der Waals surface area contributed by atoms with Crippen LogP contribution in [0, 0.1) is 5.92 Å². The molecule has 5 heteroatoms. The first kappa shape index (κ1) is 15.6. The minimum absolute atomic E-state index is 0.338. The first-order valence-corrected chi connectivity index (χ1v) is 9.26. The number of imidazole rings is 1. The highest BCUT2D eigenvalue weighted by molar-refractivity contribution is 5.77. The van der Waals surface area contributed by atoms with Crippen molar-refractivity contribution >= 4 is 16.9 Å². The molecule has 3 heterocycles. The monoisotopic (exact) mass is 326 g/mol. The number of hydrogen-bond acceptors (Lipinski definition) is 3. The van der Waals surface area contributed by atoms with Crippen molar-refractivity contribution in [2.75, 3.05) is 13.1 Å². The number of carbonyl (C=O) groups is 1. The van der Waals surface area contributed by atoms with E-state index in [1.807, 2.05) is 12.3 Å². The van der Waals surface area contributed by atoms with Crippen LogP contribution in [0.3, 0.4) is 0 Å². The molecule has 24 heavy (non-hydrogen) atoms. The highest BCUT2D eigenvalue weighted by atomic mass is 16.2. The molecule has 1 amide bonds. The fourth-order valence-corrected chi connectivity index (χ4v) is 4.40. The van der Waals surface area contributed by atoms with Gasteiger partial charge in [-0.05, 0) is 24.8 Å². The molecule has 0 aromatic carbocycles. The number of likely N-dealkylation sites (tertiary alicyclic amines) is 1. The molecule has 2 aliphatic rings. The second-order valence-electron chi connectivity index (χ2n) is 7.41. The Morgan fingerprint density at radius 2 is 2.12 bits per heavy atom. The van der Waals surface area contributed by atoms with Gasteiger partial charge in [0.25, 0.3) is 0 Å². The van der Waals surface area contributed by atoms with Crippen molar-refractivity contribution in [1.29, 1.82) is 0 Å².